The highest BCUT2D eigenvalue weighted by Gasteiger charge is 2.53. The second-order valence-corrected chi connectivity index (χ2v) is 9.12. The molecule has 4 aliphatic rings. The van der Waals surface area contributed by atoms with Gasteiger partial charge in [-0.05, 0) is 56.7 Å². The Hall–Kier alpha value is -2.61. The predicted octanol–water partition coefficient (Wildman–Crippen LogP) is 3.52. The smallest absolute Gasteiger partial charge is 0.290 e. The van der Waals surface area contributed by atoms with Crippen molar-refractivity contribution in [1.29, 1.82) is 0 Å². The molecule has 5 atom stereocenters. The molecular formula is C25H30FNO6. The lowest BCUT2D eigenvalue weighted by molar-refractivity contribution is -0.137. The molecule has 0 N–H and O–H groups in total. The van der Waals surface area contributed by atoms with Crippen LogP contribution < -0.4 is 9.47 Å². The first-order chi connectivity index (χ1) is 16.0. The number of ether oxygens (including phenoxy) is 4. The van der Waals surface area contributed by atoms with Gasteiger partial charge in [0, 0.05) is 13.2 Å². The highest BCUT2D eigenvalue weighted by molar-refractivity contribution is 6.11. The summed E-state index contributed by atoms with van der Waals surface area (Å²) >= 11 is 0. The van der Waals surface area contributed by atoms with E-state index in [2.05, 4.69) is 0 Å². The number of hydrogen-bond donors (Lipinski definition) is 0. The van der Waals surface area contributed by atoms with E-state index in [1.165, 1.54) is 0 Å². The molecule has 178 valence electrons. The number of carbonyl (C=O) groups excluding carboxylic acids is 2. The van der Waals surface area contributed by atoms with Crippen molar-refractivity contribution in [3.8, 4) is 11.5 Å². The molecule has 1 saturated carbocycles. The minimum Gasteiger partial charge on any atom is -0.493 e. The van der Waals surface area contributed by atoms with Gasteiger partial charge in [-0.3, -0.25) is 9.59 Å². The van der Waals surface area contributed by atoms with Gasteiger partial charge in [0.15, 0.2) is 23.0 Å². The standard InChI is InChI=1S/C25H30FNO6/c1-3-31-19-8-6-14(11-20(19)30-2)22-21-23(28)17-12-15(26)7-9-18(17)33-24(21)25(29)27(22)13-16-5-4-10-32-16/h6,8,11,15-18,22H,3-5,7,9-10,12-13H2,1-2H3. The number of methoxy groups -OCH3 is 1. The van der Waals surface area contributed by atoms with Gasteiger partial charge in [0.1, 0.15) is 12.3 Å². The van der Waals surface area contributed by atoms with Crippen molar-refractivity contribution >= 4 is 11.7 Å². The van der Waals surface area contributed by atoms with Crippen LogP contribution in [0, 0.1) is 5.92 Å². The molecule has 3 heterocycles. The van der Waals surface area contributed by atoms with Crippen molar-refractivity contribution in [3.05, 3.63) is 35.1 Å². The maximum atomic E-state index is 14.2. The number of carbonyl (C=O) groups is 2. The third-order valence-electron chi connectivity index (χ3n) is 7.11. The van der Waals surface area contributed by atoms with Crippen LogP contribution in [0.25, 0.3) is 0 Å². The highest BCUT2D eigenvalue weighted by Crippen LogP contribution is 2.48. The topological polar surface area (TPSA) is 74.3 Å². The Bertz CT molecular complexity index is 972. The molecule has 1 saturated heterocycles. The van der Waals surface area contributed by atoms with E-state index < -0.39 is 24.2 Å². The molecule has 5 unspecified atom stereocenters. The van der Waals surface area contributed by atoms with Crippen LogP contribution in [0.5, 0.6) is 11.5 Å². The van der Waals surface area contributed by atoms with Crippen molar-refractivity contribution in [2.24, 2.45) is 5.92 Å². The van der Waals surface area contributed by atoms with Gasteiger partial charge in [-0.25, -0.2) is 4.39 Å². The Labute approximate surface area is 192 Å². The Morgan fingerprint density at radius 3 is 2.76 bits per heavy atom. The van der Waals surface area contributed by atoms with Crippen molar-refractivity contribution in [3.63, 3.8) is 0 Å². The molecule has 7 nitrogen and oxygen atoms in total. The monoisotopic (exact) mass is 459 g/mol. The summed E-state index contributed by atoms with van der Waals surface area (Å²) in [5.41, 5.74) is 1.06. The van der Waals surface area contributed by atoms with Gasteiger partial charge in [-0.2, -0.15) is 0 Å². The van der Waals surface area contributed by atoms with E-state index >= 15 is 0 Å². The molecule has 0 radical (unpaired) electrons. The molecule has 1 amide bonds. The minimum absolute atomic E-state index is 0.0880. The molecule has 1 aromatic rings. The van der Waals surface area contributed by atoms with E-state index in [0.717, 1.165) is 18.4 Å². The fourth-order valence-corrected chi connectivity index (χ4v) is 5.53. The van der Waals surface area contributed by atoms with Gasteiger partial charge in [0.2, 0.25) is 0 Å². The van der Waals surface area contributed by atoms with E-state index in [0.29, 0.717) is 49.7 Å². The molecule has 1 aromatic carbocycles. The molecular weight excluding hydrogens is 429 g/mol. The van der Waals surface area contributed by atoms with Gasteiger partial charge in [0.05, 0.1) is 37.4 Å². The van der Waals surface area contributed by atoms with Crippen molar-refractivity contribution in [2.75, 3.05) is 26.9 Å². The Kier molecular flexibility index (Phi) is 6.03. The summed E-state index contributed by atoms with van der Waals surface area (Å²) in [7, 11) is 1.55. The average Bonchev–Trinajstić information content (AvgIpc) is 3.42. The normalized spacial score (nSPS) is 31.4. The molecule has 5 rings (SSSR count). The Morgan fingerprint density at radius 1 is 1.18 bits per heavy atom. The Morgan fingerprint density at radius 2 is 2.03 bits per heavy atom. The number of Topliss-reactive ketones (excluding diaryl/α,β-unsaturated/α-hetero) is 1. The lowest BCUT2D eigenvalue weighted by Crippen LogP contribution is -2.42. The largest absolute Gasteiger partial charge is 0.493 e. The van der Waals surface area contributed by atoms with Crippen LogP contribution in [0.4, 0.5) is 4.39 Å². The lowest BCUT2D eigenvalue weighted by Gasteiger charge is -2.36. The number of hydrogen-bond acceptors (Lipinski definition) is 6. The molecule has 0 spiro atoms. The fraction of sp³-hybridized carbons (Fsp3) is 0.600. The van der Waals surface area contributed by atoms with Crippen LogP contribution in [-0.4, -0.2) is 61.8 Å². The zero-order chi connectivity index (χ0) is 23.1. The van der Waals surface area contributed by atoms with Crippen LogP contribution in [-0.2, 0) is 19.1 Å². The summed E-state index contributed by atoms with van der Waals surface area (Å²) in [6, 6.07) is 4.82. The summed E-state index contributed by atoms with van der Waals surface area (Å²) in [4.78, 5) is 28.9. The summed E-state index contributed by atoms with van der Waals surface area (Å²) < 4.78 is 37.3. The second kappa shape index (κ2) is 8.97. The number of halogens is 1. The van der Waals surface area contributed by atoms with E-state index in [9.17, 15) is 14.0 Å². The van der Waals surface area contributed by atoms with Gasteiger partial charge < -0.3 is 23.8 Å². The Balaban J connectivity index is 1.56. The summed E-state index contributed by atoms with van der Waals surface area (Å²) in [5, 5.41) is 0. The van der Waals surface area contributed by atoms with E-state index in [1.54, 1.807) is 24.1 Å². The van der Waals surface area contributed by atoms with Gasteiger partial charge in [-0.15, -0.1) is 0 Å². The summed E-state index contributed by atoms with van der Waals surface area (Å²) in [5.74, 6) is 0.199. The van der Waals surface area contributed by atoms with Crippen molar-refractivity contribution in [1.82, 2.24) is 4.90 Å². The van der Waals surface area contributed by atoms with Gasteiger partial charge in [-0.1, -0.05) is 6.07 Å². The number of amides is 1. The number of ketones is 1. The minimum atomic E-state index is -1.02. The third-order valence-corrected chi connectivity index (χ3v) is 7.11. The van der Waals surface area contributed by atoms with Crippen molar-refractivity contribution in [2.45, 2.75) is 63.4 Å². The van der Waals surface area contributed by atoms with Gasteiger partial charge in [0.25, 0.3) is 5.91 Å². The fourth-order valence-electron chi connectivity index (χ4n) is 5.53. The van der Waals surface area contributed by atoms with Crippen LogP contribution in [0.2, 0.25) is 0 Å². The zero-order valence-corrected chi connectivity index (χ0v) is 19.1. The maximum Gasteiger partial charge on any atom is 0.290 e. The molecule has 3 aliphatic heterocycles. The molecule has 0 bridgehead atoms. The molecule has 0 aromatic heterocycles. The van der Waals surface area contributed by atoms with E-state index in [1.807, 2.05) is 13.0 Å². The van der Waals surface area contributed by atoms with Crippen LogP contribution in [0.15, 0.2) is 29.5 Å². The van der Waals surface area contributed by atoms with Crippen LogP contribution in [0.3, 0.4) is 0 Å². The average molecular weight is 460 g/mol. The van der Waals surface area contributed by atoms with E-state index in [-0.39, 0.29) is 30.0 Å². The molecule has 8 heteroatoms. The zero-order valence-electron chi connectivity index (χ0n) is 19.1. The third kappa shape index (κ3) is 3.88. The first-order valence-corrected chi connectivity index (χ1v) is 11.8. The number of alkyl halides is 1. The highest BCUT2D eigenvalue weighted by atomic mass is 19.1. The number of nitrogens with zero attached hydrogens (tertiary/aromatic N) is 1. The van der Waals surface area contributed by atoms with Crippen LogP contribution >= 0.6 is 0 Å². The molecule has 2 fully saturated rings. The first-order valence-electron chi connectivity index (χ1n) is 11.8. The number of benzene rings is 1. The maximum absolute atomic E-state index is 14.2. The summed E-state index contributed by atoms with van der Waals surface area (Å²) in [6.07, 6.45) is 1.18. The predicted molar refractivity (Wildman–Crippen MR) is 117 cm³/mol. The molecule has 33 heavy (non-hydrogen) atoms. The van der Waals surface area contributed by atoms with Crippen molar-refractivity contribution < 1.29 is 32.9 Å². The first kappa shape index (κ1) is 22.2. The van der Waals surface area contributed by atoms with E-state index in [4.69, 9.17) is 18.9 Å². The lowest BCUT2D eigenvalue weighted by atomic mass is 9.77. The SMILES string of the molecule is CCOc1ccc(C2C3=C(OC4CCC(F)CC4C3=O)C(=O)N2CC2CCCO2)cc1OC. The second-order valence-electron chi connectivity index (χ2n) is 9.12. The van der Waals surface area contributed by atoms with Gasteiger partial charge >= 0.3 is 0 Å². The number of fused-ring (bicyclic) bond motifs is 1. The number of rotatable bonds is 6. The molecule has 1 aliphatic carbocycles. The van der Waals surface area contributed by atoms with Crippen LogP contribution in [0.1, 0.15) is 50.6 Å². The quantitative estimate of drug-likeness (QED) is 0.648. The summed E-state index contributed by atoms with van der Waals surface area (Å²) in [6.45, 7) is 3.40.